The van der Waals surface area contributed by atoms with Crippen LogP contribution in [0.3, 0.4) is 0 Å². The summed E-state index contributed by atoms with van der Waals surface area (Å²) >= 11 is 0. The highest BCUT2D eigenvalue weighted by Gasteiger charge is 2.07. The standard InChI is InChI=1S/C18H20O2/c1-13(2)20-17-9-7-16(8-10-17)18(19)12-15-6-4-5-14(3)11-15/h4-11,13H,12H2,1-3H3. The van der Waals surface area contributed by atoms with Gasteiger partial charge in [-0.15, -0.1) is 0 Å². The molecule has 0 aliphatic rings. The van der Waals surface area contributed by atoms with Crippen LogP contribution in [-0.2, 0) is 6.42 Å². The Bertz CT molecular complexity index is 583. The molecule has 0 fully saturated rings. The summed E-state index contributed by atoms with van der Waals surface area (Å²) in [6, 6.07) is 15.4. The van der Waals surface area contributed by atoms with Gasteiger partial charge in [0.1, 0.15) is 5.75 Å². The summed E-state index contributed by atoms with van der Waals surface area (Å²) in [7, 11) is 0. The van der Waals surface area contributed by atoms with E-state index in [-0.39, 0.29) is 11.9 Å². The Hall–Kier alpha value is -2.09. The fraction of sp³-hybridized carbons (Fsp3) is 0.278. The molecule has 0 amide bonds. The summed E-state index contributed by atoms with van der Waals surface area (Å²) in [5.41, 5.74) is 2.95. The normalized spacial score (nSPS) is 10.6. The molecule has 2 aromatic carbocycles. The van der Waals surface area contributed by atoms with E-state index in [0.29, 0.717) is 6.42 Å². The fourth-order valence-corrected chi connectivity index (χ4v) is 2.10. The molecule has 2 aromatic rings. The number of rotatable bonds is 5. The van der Waals surface area contributed by atoms with Gasteiger partial charge in [0.25, 0.3) is 0 Å². The molecule has 0 atom stereocenters. The second kappa shape index (κ2) is 6.38. The zero-order valence-corrected chi connectivity index (χ0v) is 12.2. The molecule has 0 aromatic heterocycles. The maximum atomic E-state index is 12.2. The van der Waals surface area contributed by atoms with Crippen molar-refractivity contribution in [3.8, 4) is 5.75 Å². The highest BCUT2D eigenvalue weighted by molar-refractivity contribution is 5.97. The number of ketones is 1. The topological polar surface area (TPSA) is 26.3 Å². The van der Waals surface area contributed by atoms with E-state index in [9.17, 15) is 4.79 Å². The van der Waals surface area contributed by atoms with Crippen LogP contribution in [0.15, 0.2) is 48.5 Å². The van der Waals surface area contributed by atoms with Gasteiger partial charge in [-0.1, -0.05) is 29.8 Å². The predicted octanol–water partition coefficient (Wildman–Crippen LogP) is 4.21. The van der Waals surface area contributed by atoms with Crippen LogP contribution in [0.4, 0.5) is 0 Å². The monoisotopic (exact) mass is 268 g/mol. The minimum atomic E-state index is 0.131. The first-order valence-electron chi connectivity index (χ1n) is 6.90. The van der Waals surface area contributed by atoms with Gasteiger partial charge in [-0.25, -0.2) is 0 Å². The average Bonchev–Trinajstić information content (AvgIpc) is 2.38. The molecular weight excluding hydrogens is 248 g/mol. The summed E-state index contributed by atoms with van der Waals surface area (Å²) in [5.74, 6) is 0.929. The minimum Gasteiger partial charge on any atom is -0.491 e. The van der Waals surface area contributed by atoms with Crippen LogP contribution in [-0.4, -0.2) is 11.9 Å². The quantitative estimate of drug-likeness (QED) is 0.759. The lowest BCUT2D eigenvalue weighted by Crippen LogP contribution is -2.06. The lowest BCUT2D eigenvalue weighted by Gasteiger charge is -2.10. The second-order valence-corrected chi connectivity index (χ2v) is 5.28. The summed E-state index contributed by atoms with van der Waals surface area (Å²) in [4.78, 5) is 12.2. The number of benzene rings is 2. The van der Waals surface area contributed by atoms with E-state index in [0.717, 1.165) is 16.9 Å². The molecule has 0 aliphatic heterocycles. The Morgan fingerprint density at radius 3 is 2.40 bits per heavy atom. The van der Waals surface area contributed by atoms with E-state index < -0.39 is 0 Å². The first kappa shape index (κ1) is 14.3. The van der Waals surface area contributed by atoms with Crippen LogP contribution in [0.1, 0.15) is 35.3 Å². The average molecular weight is 268 g/mol. The van der Waals surface area contributed by atoms with Crippen LogP contribution < -0.4 is 4.74 Å². The molecule has 0 spiro atoms. The molecule has 104 valence electrons. The van der Waals surface area contributed by atoms with Gasteiger partial charge in [-0.05, 0) is 50.6 Å². The van der Waals surface area contributed by atoms with E-state index in [2.05, 4.69) is 0 Å². The molecule has 0 N–H and O–H groups in total. The minimum absolute atomic E-state index is 0.131. The Kier molecular flexibility index (Phi) is 4.57. The second-order valence-electron chi connectivity index (χ2n) is 5.28. The maximum absolute atomic E-state index is 12.2. The molecule has 20 heavy (non-hydrogen) atoms. The van der Waals surface area contributed by atoms with Crippen molar-refractivity contribution in [2.45, 2.75) is 33.3 Å². The van der Waals surface area contributed by atoms with Crippen LogP contribution in [0, 0.1) is 6.92 Å². The summed E-state index contributed by atoms with van der Waals surface area (Å²) in [5, 5.41) is 0. The third kappa shape index (κ3) is 3.95. The smallest absolute Gasteiger partial charge is 0.167 e. The van der Waals surface area contributed by atoms with Gasteiger partial charge in [0.2, 0.25) is 0 Å². The zero-order valence-electron chi connectivity index (χ0n) is 12.2. The first-order chi connectivity index (χ1) is 9.54. The van der Waals surface area contributed by atoms with Gasteiger partial charge in [0.15, 0.2) is 5.78 Å². The van der Waals surface area contributed by atoms with Crippen LogP contribution >= 0.6 is 0 Å². The molecule has 2 rings (SSSR count). The molecular formula is C18H20O2. The van der Waals surface area contributed by atoms with Crippen LogP contribution in [0.5, 0.6) is 5.75 Å². The molecule has 0 radical (unpaired) electrons. The van der Waals surface area contributed by atoms with E-state index in [4.69, 9.17) is 4.74 Å². The molecule has 0 aliphatic carbocycles. The summed E-state index contributed by atoms with van der Waals surface area (Å²) in [6.07, 6.45) is 0.579. The SMILES string of the molecule is Cc1cccc(CC(=O)c2ccc(OC(C)C)cc2)c1. The van der Waals surface area contributed by atoms with Crippen molar-refractivity contribution >= 4 is 5.78 Å². The van der Waals surface area contributed by atoms with Gasteiger partial charge in [-0.3, -0.25) is 4.79 Å². The number of Topliss-reactive ketones (excluding diaryl/α,β-unsaturated/α-hetero) is 1. The number of aryl methyl sites for hydroxylation is 1. The number of carbonyl (C=O) groups is 1. The van der Waals surface area contributed by atoms with Gasteiger partial charge in [0, 0.05) is 12.0 Å². The molecule has 2 heteroatoms. The molecule has 0 saturated heterocycles. The fourth-order valence-electron chi connectivity index (χ4n) is 2.10. The van der Waals surface area contributed by atoms with Crippen molar-refractivity contribution in [1.82, 2.24) is 0 Å². The van der Waals surface area contributed by atoms with Crippen molar-refractivity contribution in [1.29, 1.82) is 0 Å². The Morgan fingerprint density at radius 2 is 1.80 bits per heavy atom. The highest BCUT2D eigenvalue weighted by atomic mass is 16.5. The van der Waals surface area contributed by atoms with Crippen molar-refractivity contribution < 1.29 is 9.53 Å². The van der Waals surface area contributed by atoms with Gasteiger partial charge < -0.3 is 4.74 Å². The highest BCUT2D eigenvalue weighted by Crippen LogP contribution is 2.16. The molecule has 2 nitrogen and oxygen atoms in total. The number of hydrogen-bond acceptors (Lipinski definition) is 2. The lowest BCUT2D eigenvalue weighted by atomic mass is 10.0. The Labute approximate surface area is 120 Å². The number of hydrogen-bond donors (Lipinski definition) is 0. The van der Waals surface area contributed by atoms with E-state index in [1.807, 2.05) is 69.3 Å². The van der Waals surface area contributed by atoms with Gasteiger partial charge >= 0.3 is 0 Å². The summed E-state index contributed by atoms with van der Waals surface area (Å²) < 4.78 is 5.57. The predicted molar refractivity (Wildman–Crippen MR) is 81.4 cm³/mol. The number of ether oxygens (including phenoxy) is 1. The van der Waals surface area contributed by atoms with Crippen molar-refractivity contribution in [2.24, 2.45) is 0 Å². The third-order valence-corrected chi connectivity index (χ3v) is 3.00. The van der Waals surface area contributed by atoms with E-state index in [1.165, 1.54) is 5.56 Å². The number of carbonyl (C=O) groups excluding carboxylic acids is 1. The van der Waals surface area contributed by atoms with Crippen molar-refractivity contribution in [3.63, 3.8) is 0 Å². The largest absolute Gasteiger partial charge is 0.491 e. The summed E-state index contributed by atoms with van der Waals surface area (Å²) in [6.45, 7) is 6.00. The van der Waals surface area contributed by atoms with Crippen molar-refractivity contribution in [2.75, 3.05) is 0 Å². The lowest BCUT2D eigenvalue weighted by molar-refractivity contribution is 0.0993. The zero-order chi connectivity index (χ0) is 14.5. The molecule has 0 unspecified atom stereocenters. The van der Waals surface area contributed by atoms with E-state index >= 15 is 0 Å². The molecule has 0 bridgehead atoms. The molecule has 0 heterocycles. The maximum Gasteiger partial charge on any atom is 0.167 e. The Balaban J connectivity index is 2.06. The Morgan fingerprint density at radius 1 is 1.10 bits per heavy atom. The van der Waals surface area contributed by atoms with E-state index in [1.54, 1.807) is 0 Å². The van der Waals surface area contributed by atoms with Gasteiger partial charge in [0.05, 0.1) is 6.10 Å². The molecule has 0 saturated carbocycles. The van der Waals surface area contributed by atoms with Crippen LogP contribution in [0.2, 0.25) is 0 Å². The first-order valence-corrected chi connectivity index (χ1v) is 6.90. The van der Waals surface area contributed by atoms with Gasteiger partial charge in [-0.2, -0.15) is 0 Å². The van der Waals surface area contributed by atoms with Crippen molar-refractivity contribution in [3.05, 3.63) is 65.2 Å². The third-order valence-electron chi connectivity index (χ3n) is 3.00. The van der Waals surface area contributed by atoms with Crippen LogP contribution in [0.25, 0.3) is 0 Å².